The Kier molecular flexibility index (Phi) is 4.65. The fourth-order valence-electron chi connectivity index (χ4n) is 3.78. The van der Waals surface area contributed by atoms with Crippen LogP contribution >= 0.6 is 0 Å². The van der Waals surface area contributed by atoms with Gasteiger partial charge in [0.15, 0.2) is 11.5 Å². The van der Waals surface area contributed by atoms with Crippen LogP contribution in [-0.4, -0.2) is 20.3 Å². The van der Waals surface area contributed by atoms with Crippen LogP contribution in [-0.2, 0) is 6.42 Å². The summed E-state index contributed by atoms with van der Waals surface area (Å²) in [5.74, 6) is 1.29. The van der Waals surface area contributed by atoms with Gasteiger partial charge in [-0.05, 0) is 55.2 Å². The number of hydrogen-bond acceptors (Lipinski definition) is 3. The lowest BCUT2D eigenvalue weighted by Gasteiger charge is -2.43. The summed E-state index contributed by atoms with van der Waals surface area (Å²) in [6, 6.07) is 11.4. The molecule has 1 aliphatic rings. The van der Waals surface area contributed by atoms with Gasteiger partial charge in [0, 0.05) is 6.04 Å². The Bertz CT molecular complexity index is 732. The number of nitrogens with zero attached hydrogens (tertiary/aromatic N) is 1. The molecule has 2 atom stereocenters. The molecule has 0 amide bonds. The molecule has 0 aromatic heterocycles. The molecule has 3 rings (SSSR count). The third kappa shape index (κ3) is 2.70. The van der Waals surface area contributed by atoms with Gasteiger partial charge in [-0.15, -0.1) is 0 Å². The lowest BCUT2D eigenvalue weighted by atomic mass is 9.86. The first-order chi connectivity index (χ1) is 11.6. The number of ether oxygens (including phenoxy) is 2. The smallest absolute Gasteiger partial charge is 0.161 e. The third-order valence-corrected chi connectivity index (χ3v) is 4.85. The molecule has 1 heterocycles. The van der Waals surface area contributed by atoms with Gasteiger partial charge in [-0.3, -0.25) is 0 Å². The molecule has 2 unspecified atom stereocenters. The van der Waals surface area contributed by atoms with Crippen molar-refractivity contribution in [2.24, 2.45) is 0 Å². The molecule has 0 saturated carbocycles. The summed E-state index contributed by atoms with van der Waals surface area (Å²) >= 11 is 0. The molecule has 128 valence electrons. The van der Waals surface area contributed by atoms with Gasteiger partial charge < -0.3 is 14.4 Å². The highest BCUT2D eigenvalue weighted by Crippen LogP contribution is 2.43. The van der Waals surface area contributed by atoms with Crippen LogP contribution in [0.2, 0.25) is 0 Å². The standard InChI is InChI=1S/C20H24FNO2/c1-5-17-15-12-20(24-4)19(23-3)11-14(15)10-13(2)22(17)18-9-7-6-8-16(18)21/h6-9,11-13,17H,5,10H2,1-4H3. The minimum atomic E-state index is -0.174. The van der Waals surface area contributed by atoms with E-state index in [4.69, 9.17) is 9.47 Å². The molecular weight excluding hydrogens is 305 g/mol. The van der Waals surface area contributed by atoms with Crippen molar-refractivity contribution in [3.05, 3.63) is 53.3 Å². The van der Waals surface area contributed by atoms with Crippen LogP contribution in [0.1, 0.15) is 37.4 Å². The van der Waals surface area contributed by atoms with Crippen molar-refractivity contribution < 1.29 is 13.9 Å². The first-order valence-electron chi connectivity index (χ1n) is 8.38. The zero-order chi connectivity index (χ0) is 17.3. The Hall–Kier alpha value is -2.23. The molecule has 0 radical (unpaired) electrons. The van der Waals surface area contributed by atoms with Gasteiger partial charge in [-0.25, -0.2) is 4.39 Å². The summed E-state index contributed by atoms with van der Waals surface area (Å²) in [5, 5.41) is 0. The maximum Gasteiger partial charge on any atom is 0.161 e. The van der Waals surface area contributed by atoms with Crippen molar-refractivity contribution in [2.45, 2.75) is 38.8 Å². The van der Waals surface area contributed by atoms with Crippen molar-refractivity contribution in [1.29, 1.82) is 0 Å². The molecule has 2 aromatic carbocycles. The normalized spacial score (nSPS) is 19.8. The quantitative estimate of drug-likeness (QED) is 0.808. The molecule has 0 N–H and O–H groups in total. The minimum Gasteiger partial charge on any atom is -0.493 e. The van der Waals surface area contributed by atoms with Crippen molar-refractivity contribution in [3.63, 3.8) is 0 Å². The largest absolute Gasteiger partial charge is 0.493 e. The third-order valence-electron chi connectivity index (χ3n) is 4.85. The highest BCUT2D eigenvalue weighted by Gasteiger charge is 2.33. The van der Waals surface area contributed by atoms with Gasteiger partial charge in [0.25, 0.3) is 0 Å². The molecule has 0 saturated heterocycles. The molecule has 24 heavy (non-hydrogen) atoms. The fourth-order valence-corrected chi connectivity index (χ4v) is 3.78. The topological polar surface area (TPSA) is 21.7 Å². The Balaban J connectivity index is 2.12. The van der Waals surface area contributed by atoms with E-state index in [0.717, 1.165) is 24.3 Å². The van der Waals surface area contributed by atoms with E-state index < -0.39 is 0 Å². The predicted octanol–water partition coefficient (Wildman–Crippen LogP) is 4.75. The van der Waals surface area contributed by atoms with Gasteiger partial charge in [0.2, 0.25) is 0 Å². The number of methoxy groups -OCH3 is 2. The van der Waals surface area contributed by atoms with Crippen LogP contribution in [0.4, 0.5) is 10.1 Å². The van der Waals surface area contributed by atoms with Crippen molar-refractivity contribution in [1.82, 2.24) is 0 Å². The minimum absolute atomic E-state index is 0.112. The second kappa shape index (κ2) is 6.71. The lowest BCUT2D eigenvalue weighted by molar-refractivity contribution is 0.352. The molecule has 0 fully saturated rings. The zero-order valence-electron chi connectivity index (χ0n) is 14.7. The van der Waals surface area contributed by atoms with E-state index in [-0.39, 0.29) is 17.9 Å². The van der Waals surface area contributed by atoms with Crippen LogP contribution in [0.5, 0.6) is 11.5 Å². The number of rotatable bonds is 4. The van der Waals surface area contributed by atoms with E-state index in [1.165, 1.54) is 17.2 Å². The van der Waals surface area contributed by atoms with Crippen LogP contribution in [0.15, 0.2) is 36.4 Å². The second-order valence-corrected chi connectivity index (χ2v) is 6.24. The van der Waals surface area contributed by atoms with E-state index in [0.29, 0.717) is 5.69 Å². The molecule has 3 nitrogen and oxygen atoms in total. The molecule has 4 heteroatoms. The van der Waals surface area contributed by atoms with Crippen molar-refractivity contribution in [2.75, 3.05) is 19.1 Å². The molecule has 0 spiro atoms. The summed E-state index contributed by atoms with van der Waals surface area (Å²) in [6.07, 6.45) is 1.74. The molecule has 0 bridgehead atoms. The first kappa shape index (κ1) is 16.6. The Morgan fingerprint density at radius 3 is 2.42 bits per heavy atom. The van der Waals surface area contributed by atoms with Crippen molar-refractivity contribution >= 4 is 5.69 Å². The van der Waals surface area contributed by atoms with E-state index >= 15 is 0 Å². The average Bonchev–Trinajstić information content (AvgIpc) is 2.60. The Morgan fingerprint density at radius 2 is 1.79 bits per heavy atom. The van der Waals surface area contributed by atoms with Crippen LogP contribution in [0.25, 0.3) is 0 Å². The zero-order valence-corrected chi connectivity index (χ0v) is 14.7. The summed E-state index contributed by atoms with van der Waals surface area (Å²) in [5.41, 5.74) is 3.10. The monoisotopic (exact) mass is 329 g/mol. The number of para-hydroxylation sites is 1. The van der Waals surface area contributed by atoms with Gasteiger partial charge in [-0.1, -0.05) is 19.1 Å². The van der Waals surface area contributed by atoms with Gasteiger partial charge in [0.05, 0.1) is 25.9 Å². The van der Waals surface area contributed by atoms with Crippen LogP contribution in [0, 0.1) is 5.82 Å². The van der Waals surface area contributed by atoms with Crippen LogP contribution < -0.4 is 14.4 Å². The first-order valence-corrected chi connectivity index (χ1v) is 8.38. The summed E-state index contributed by atoms with van der Waals surface area (Å²) in [6.45, 7) is 4.28. The van der Waals surface area contributed by atoms with E-state index in [2.05, 4.69) is 24.8 Å². The average molecular weight is 329 g/mol. The fraction of sp³-hybridized carbons (Fsp3) is 0.400. The van der Waals surface area contributed by atoms with E-state index in [1.54, 1.807) is 20.3 Å². The predicted molar refractivity (Wildman–Crippen MR) is 94.6 cm³/mol. The number of hydrogen-bond donors (Lipinski definition) is 0. The molecule has 1 aliphatic heterocycles. The number of fused-ring (bicyclic) bond motifs is 1. The molecule has 2 aromatic rings. The number of benzene rings is 2. The molecule has 0 aliphatic carbocycles. The maximum absolute atomic E-state index is 14.4. The summed E-state index contributed by atoms with van der Waals surface area (Å²) < 4.78 is 25.3. The second-order valence-electron chi connectivity index (χ2n) is 6.24. The highest BCUT2D eigenvalue weighted by atomic mass is 19.1. The van der Waals surface area contributed by atoms with Gasteiger partial charge in [-0.2, -0.15) is 0 Å². The Morgan fingerprint density at radius 1 is 1.12 bits per heavy atom. The number of anilines is 1. The summed E-state index contributed by atoms with van der Waals surface area (Å²) in [4.78, 5) is 2.20. The van der Waals surface area contributed by atoms with Crippen LogP contribution in [0.3, 0.4) is 0 Å². The van der Waals surface area contributed by atoms with E-state index in [9.17, 15) is 4.39 Å². The SMILES string of the molecule is CCC1c2cc(OC)c(OC)cc2CC(C)N1c1ccccc1F. The van der Waals surface area contributed by atoms with Gasteiger partial charge in [0.1, 0.15) is 5.82 Å². The maximum atomic E-state index is 14.4. The van der Waals surface area contributed by atoms with E-state index in [1.807, 2.05) is 18.2 Å². The van der Waals surface area contributed by atoms with Crippen molar-refractivity contribution in [3.8, 4) is 11.5 Å². The van der Waals surface area contributed by atoms with Gasteiger partial charge >= 0.3 is 0 Å². The summed E-state index contributed by atoms with van der Waals surface area (Å²) in [7, 11) is 3.30. The molecular formula is C20H24FNO2. The Labute approximate surface area is 143 Å². The number of halogens is 1. The lowest BCUT2D eigenvalue weighted by Crippen LogP contribution is -2.42. The highest BCUT2D eigenvalue weighted by molar-refractivity contribution is 5.57.